The fourth-order valence-corrected chi connectivity index (χ4v) is 3.01. The molecule has 0 aromatic heterocycles. The summed E-state index contributed by atoms with van der Waals surface area (Å²) in [7, 11) is 4.13. The van der Waals surface area contributed by atoms with Crippen LogP contribution in [0.25, 0.3) is 0 Å². The summed E-state index contributed by atoms with van der Waals surface area (Å²) in [6, 6.07) is 8.78. The Hall–Kier alpha value is -1.02. The van der Waals surface area contributed by atoms with Crippen molar-refractivity contribution >= 4 is 35.6 Å². The first-order valence-electron chi connectivity index (χ1n) is 9.45. The van der Waals surface area contributed by atoms with E-state index in [1.54, 1.807) is 0 Å². The number of anilines is 1. The largest absolute Gasteiger partial charge is 0.378 e. The van der Waals surface area contributed by atoms with Gasteiger partial charge in [-0.3, -0.25) is 4.99 Å². The van der Waals surface area contributed by atoms with Crippen molar-refractivity contribution < 1.29 is 4.74 Å². The summed E-state index contributed by atoms with van der Waals surface area (Å²) in [6.45, 7) is 7.62. The molecular formula is C20H35IN4O. The SMILES string of the molecule is CCNC(=NCC1(C)CCCO1)NCCCc1ccc(N(C)C)cc1.I. The van der Waals surface area contributed by atoms with Crippen molar-refractivity contribution in [1.82, 2.24) is 10.6 Å². The Labute approximate surface area is 176 Å². The number of nitrogens with zero attached hydrogens (tertiary/aromatic N) is 2. The Kier molecular flexibility index (Phi) is 10.3. The lowest BCUT2D eigenvalue weighted by Crippen LogP contribution is -2.39. The van der Waals surface area contributed by atoms with Crippen molar-refractivity contribution in [3.63, 3.8) is 0 Å². The molecule has 1 saturated heterocycles. The molecule has 0 amide bonds. The smallest absolute Gasteiger partial charge is 0.191 e. The maximum atomic E-state index is 5.81. The molecule has 1 aromatic rings. The Balaban J connectivity index is 0.00000338. The highest BCUT2D eigenvalue weighted by atomic mass is 127. The first-order valence-corrected chi connectivity index (χ1v) is 9.45. The van der Waals surface area contributed by atoms with E-state index in [9.17, 15) is 0 Å². The molecule has 1 heterocycles. The first kappa shape index (κ1) is 23.0. The Morgan fingerprint density at radius 3 is 2.54 bits per heavy atom. The number of benzene rings is 1. The molecule has 0 bridgehead atoms. The fourth-order valence-electron chi connectivity index (χ4n) is 3.01. The molecule has 1 aromatic carbocycles. The van der Waals surface area contributed by atoms with Gasteiger partial charge in [0.25, 0.3) is 0 Å². The molecule has 1 fully saturated rings. The van der Waals surface area contributed by atoms with E-state index in [0.717, 1.165) is 51.3 Å². The van der Waals surface area contributed by atoms with Gasteiger partial charge in [0, 0.05) is 39.5 Å². The molecule has 1 unspecified atom stereocenters. The highest BCUT2D eigenvalue weighted by molar-refractivity contribution is 14.0. The zero-order valence-corrected chi connectivity index (χ0v) is 19.0. The number of ether oxygens (including phenoxy) is 1. The van der Waals surface area contributed by atoms with Crippen LogP contribution in [0, 0.1) is 0 Å². The van der Waals surface area contributed by atoms with Gasteiger partial charge in [-0.1, -0.05) is 12.1 Å². The van der Waals surface area contributed by atoms with Gasteiger partial charge in [0.15, 0.2) is 5.96 Å². The van der Waals surface area contributed by atoms with E-state index in [0.29, 0.717) is 6.54 Å². The Morgan fingerprint density at radius 1 is 1.23 bits per heavy atom. The van der Waals surface area contributed by atoms with Gasteiger partial charge in [-0.2, -0.15) is 0 Å². The molecule has 1 aliphatic rings. The number of hydrogen-bond acceptors (Lipinski definition) is 3. The number of aryl methyl sites for hydroxylation is 1. The fraction of sp³-hybridized carbons (Fsp3) is 0.650. The van der Waals surface area contributed by atoms with E-state index < -0.39 is 0 Å². The number of hydrogen-bond donors (Lipinski definition) is 2. The van der Waals surface area contributed by atoms with E-state index >= 15 is 0 Å². The molecule has 0 spiro atoms. The monoisotopic (exact) mass is 474 g/mol. The average Bonchev–Trinajstić information content (AvgIpc) is 3.04. The summed E-state index contributed by atoms with van der Waals surface area (Å²) in [4.78, 5) is 6.83. The molecule has 26 heavy (non-hydrogen) atoms. The zero-order chi connectivity index (χ0) is 18.1. The molecule has 6 heteroatoms. The maximum Gasteiger partial charge on any atom is 0.191 e. The molecule has 0 aliphatic carbocycles. The van der Waals surface area contributed by atoms with Crippen LogP contribution < -0.4 is 15.5 Å². The topological polar surface area (TPSA) is 48.9 Å². The standard InChI is InChI=1S/C20H34N4O.HI/c1-5-21-19(23-16-20(2)13-7-15-25-20)22-14-6-8-17-9-11-18(12-10-17)24(3)4;/h9-12H,5-8,13-16H2,1-4H3,(H2,21,22,23);1H. The lowest BCUT2D eigenvalue weighted by molar-refractivity contribution is 0.0283. The van der Waals surface area contributed by atoms with Gasteiger partial charge in [-0.05, 0) is 57.2 Å². The highest BCUT2D eigenvalue weighted by Gasteiger charge is 2.29. The second kappa shape index (κ2) is 11.6. The van der Waals surface area contributed by atoms with Gasteiger partial charge in [0.1, 0.15) is 0 Å². The summed E-state index contributed by atoms with van der Waals surface area (Å²) < 4.78 is 5.81. The molecule has 5 nitrogen and oxygen atoms in total. The van der Waals surface area contributed by atoms with Crippen molar-refractivity contribution in [3.05, 3.63) is 29.8 Å². The lowest BCUT2D eigenvalue weighted by atomic mass is 10.0. The minimum atomic E-state index is -0.0868. The minimum Gasteiger partial charge on any atom is -0.378 e. The van der Waals surface area contributed by atoms with Crippen molar-refractivity contribution in [2.75, 3.05) is 45.2 Å². The molecule has 2 N–H and O–H groups in total. The number of guanidine groups is 1. The Bertz CT molecular complexity index is 539. The number of aliphatic imine (C=N–C) groups is 1. The predicted octanol–water partition coefficient (Wildman–Crippen LogP) is 3.43. The van der Waals surface area contributed by atoms with Crippen LogP contribution in [0.15, 0.2) is 29.3 Å². The second-order valence-electron chi connectivity index (χ2n) is 7.19. The third-order valence-corrected chi connectivity index (χ3v) is 4.60. The summed E-state index contributed by atoms with van der Waals surface area (Å²) >= 11 is 0. The molecular weight excluding hydrogens is 439 g/mol. The van der Waals surface area contributed by atoms with E-state index in [2.05, 4.69) is 67.7 Å². The van der Waals surface area contributed by atoms with E-state index in [1.165, 1.54) is 11.3 Å². The van der Waals surface area contributed by atoms with Crippen molar-refractivity contribution in [2.45, 2.75) is 45.1 Å². The van der Waals surface area contributed by atoms with Crippen LogP contribution in [-0.4, -0.2) is 51.9 Å². The third kappa shape index (κ3) is 7.70. The molecule has 1 atom stereocenters. The van der Waals surface area contributed by atoms with Crippen molar-refractivity contribution in [1.29, 1.82) is 0 Å². The second-order valence-corrected chi connectivity index (χ2v) is 7.19. The van der Waals surface area contributed by atoms with Crippen molar-refractivity contribution in [2.24, 2.45) is 4.99 Å². The van der Waals surface area contributed by atoms with Gasteiger partial charge >= 0.3 is 0 Å². The number of rotatable bonds is 8. The first-order chi connectivity index (χ1) is 12.0. The van der Waals surface area contributed by atoms with Crippen LogP contribution in [0.1, 0.15) is 38.7 Å². The number of halogens is 1. The average molecular weight is 474 g/mol. The van der Waals surface area contributed by atoms with Gasteiger partial charge in [-0.15, -0.1) is 24.0 Å². The van der Waals surface area contributed by atoms with Gasteiger partial charge < -0.3 is 20.3 Å². The third-order valence-electron chi connectivity index (χ3n) is 4.60. The van der Waals surface area contributed by atoms with Crippen LogP contribution in [0.2, 0.25) is 0 Å². The van der Waals surface area contributed by atoms with E-state index in [4.69, 9.17) is 9.73 Å². The zero-order valence-electron chi connectivity index (χ0n) is 16.7. The van der Waals surface area contributed by atoms with E-state index in [-0.39, 0.29) is 29.6 Å². The van der Waals surface area contributed by atoms with Crippen LogP contribution in [0.4, 0.5) is 5.69 Å². The molecule has 148 valence electrons. The quantitative estimate of drug-likeness (QED) is 0.263. The maximum absolute atomic E-state index is 5.81. The van der Waals surface area contributed by atoms with Crippen LogP contribution in [0.3, 0.4) is 0 Å². The van der Waals surface area contributed by atoms with Crippen LogP contribution >= 0.6 is 24.0 Å². The molecule has 1 aliphatic heterocycles. The van der Waals surface area contributed by atoms with Gasteiger partial charge in [0.2, 0.25) is 0 Å². The number of nitrogens with one attached hydrogen (secondary N) is 2. The molecule has 0 radical (unpaired) electrons. The van der Waals surface area contributed by atoms with Gasteiger partial charge in [0.05, 0.1) is 12.1 Å². The minimum absolute atomic E-state index is 0. The van der Waals surface area contributed by atoms with Crippen LogP contribution in [-0.2, 0) is 11.2 Å². The summed E-state index contributed by atoms with van der Waals surface area (Å²) in [5, 5.41) is 6.76. The van der Waals surface area contributed by atoms with Gasteiger partial charge in [-0.25, -0.2) is 0 Å². The predicted molar refractivity (Wildman–Crippen MR) is 122 cm³/mol. The highest BCUT2D eigenvalue weighted by Crippen LogP contribution is 2.24. The Morgan fingerprint density at radius 2 is 1.96 bits per heavy atom. The van der Waals surface area contributed by atoms with Crippen LogP contribution in [0.5, 0.6) is 0 Å². The lowest BCUT2D eigenvalue weighted by Gasteiger charge is -2.21. The molecule has 2 rings (SSSR count). The summed E-state index contributed by atoms with van der Waals surface area (Å²) in [5.74, 6) is 0.891. The summed E-state index contributed by atoms with van der Waals surface area (Å²) in [6.07, 6.45) is 4.39. The van der Waals surface area contributed by atoms with Crippen molar-refractivity contribution in [3.8, 4) is 0 Å². The molecule has 0 saturated carbocycles. The normalized spacial score (nSPS) is 19.8. The van der Waals surface area contributed by atoms with E-state index in [1.807, 2.05) is 0 Å². The summed E-state index contributed by atoms with van der Waals surface area (Å²) in [5.41, 5.74) is 2.53.